The van der Waals surface area contributed by atoms with Gasteiger partial charge in [-0.25, -0.2) is 0 Å². The molecule has 2 aromatic carbocycles. The molecule has 0 amide bonds. The molecule has 0 aliphatic carbocycles. The van der Waals surface area contributed by atoms with Gasteiger partial charge in [0.25, 0.3) is 0 Å². The lowest BCUT2D eigenvalue weighted by atomic mass is 10.2. The highest BCUT2D eigenvalue weighted by Gasteiger charge is 2.06. The van der Waals surface area contributed by atoms with Crippen LogP contribution in [0.5, 0.6) is 5.75 Å². The third-order valence-electron chi connectivity index (χ3n) is 4.38. The first-order valence-corrected chi connectivity index (χ1v) is 12.2. The van der Waals surface area contributed by atoms with Gasteiger partial charge in [0, 0.05) is 19.3 Å². The Bertz CT molecular complexity index is 757. The van der Waals surface area contributed by atoms with Gasteiger partial charge in [-0.3, -0.25) is 9.59 Å². The summed E-state index contributed by atoms with van der Waals surface area (Å²) in [5, 5.41) is 0. The smallest absolute Gasteiger partial charge is 0.305 e. The highest BCUT2D eigenvalue weighted by atomic mass is 16.5. The lowest BCUT2D eigenvalue weighted by Gasteiger charge is -2.11. The van der Waals surface area contributed by atoms with E-state index in [0.29, 0.717) is 12.8 Å². The minimum absolute atomic E-state index is 0.0278. The molecule has 5 nitrogen and oxygen atoms in total. The van der Waals surface area contributed by atoms with Crippen molar-refractivity contribution in [3.8, 4) is 5.75 Å². The SMILES string of the molecule is C=C(C)CC(C)OC(=O)CC.CCC(=O)OC(C)CC.COc1ccc(C)cc1.c1ccccc1. The number of methoxy groups -OCH3 is 1. The molecule has 0 bridgehead atoms. The zero-order valence-electron chi connectivity index (χ0n) is 23.0. The molecule has 0 aliphatic rings. The van der Waals surface area contributed by atoms with Gasteiger partial charge in [-0.05, 0) is 46.2 Å². The Morgan fingerprint density at radius 1 is 0.800 bits per heavy atom. The molecule has 0 spiro atoms. The van der Waals surface area contributed by atoms with Crippen LogP contribution in [0.3, 0.4) is 0 Å². The van der Waals surface area contributed by atoms with Crippen molar-refractivity contribution in [2.75, 3.05) is 7.11 Å². The molecule has 0 aromatic heterocycles. The summed E-state index contributed by atoms with van der Waals surface area (Å²) in [5.41, 5.74) is 2.30. The van der Waals surface area contributed by atoms with Crippen molar-refractivity contribution < 1.29 is 23.8 Å². The van der Waals surface area contributed by atoms with E-state index in [0.717, 1.165) is 24.2 Å². The van der Waals surface area contributed by atoms with Crippen molar-refractivity contribution in [3.05, 3.63) is 78.4 Å². The Kier molecular flexibility index (Phi) is 22.1. The normalized spacial score (nSPS) is 10.9. The molecule has 2 atom stereocenters. The molecule has 0 radical (unpaired) electrons. The highest BCUT2D eigenvalue weighted by molar-refractivity contribution is 5.69. The van der Waals surface area contributed by atoms with Gasteiger partial charge >= 0.3 is 11.9 Å². The van der Waals surface area contributed by atoms with Crippen LogP contribution in [0.25, 0.3) is 0 Å². The zero-order chi connectivity index (χ0) is 27.1. The van der Waals surface area contributed by atoms with Crippen LogP contribution < -0.4 is 4.74 Å². The summed E-state index contributed by atoms with van der Waals surface area (Å²) in [6.45, 7) is 17.1. The topological polar surface area (TPSA) is 61.8 Å². The second kappa shape index (κ2) is 22.7. The monoisotopic (exact) mass is 486 g/mol. The molecule has 2 aromatic rings. The predicted molar refractivity (Wildman–Crippen MR) is 146 cm³/mol. The van der Waals surface area contributed by atoms with Crippen LogP contribution in [0.4, 0.5) is 0 Å². The largest absolute Gasteiger partial charge is 0.497 e. The molecule has 0 saturated carbocycles. The fourth-order valence-corrected chi connectivity index (χ4v) is 2.29. The maximum absolute atomic E-state index is 10.8. The molecule has 0 N–H and O–H groups in total. The van der Waals surface area contributed by atoms with Crippen molar-refractivity contribution in [2.45, 2.75) is 86.4 Å². The standard InChI is InChI=1S/C9H16O2.C8H10O.C7H14O2.C6H6/c1-5-9(10)11-8(4)6-7(2)3;1-7-3-5-8(9-2)6-4-7;1-4-6(3)9-7(8)5-2;1-2-4-6-5-3-1/h8H,2,5-6H2,1,3-4H3;3-6H,1-2H3;6H,4-5H2,1-3H3;1-6H. The maximum atomic E-state index is 10.8. The second-order valence-corrected chi connectivity index (χ2v) is 8.05. The molecule has 5 heteroatoms. The molecular weight excluding hydrogens is 440 g/mol. The average molecular weight is 487 g/mol. The van der Waals surface area contributed by atoms with Gasteiger partial charge in [0.2, 0.25) is 0 Å². The number of aryl methyl sites for hydroxylation is 1. The van der Waals surface area contributed by atoms with Gasteiger partial charge in [-0.2, -0.15) is 0 Å². The second-order valence-electron chi connectivity index (χ2n) is 8.05. The average Bonchev–Trinajstić information content (AvgIpc) is 2.86. The number of hydrogen-bond donors (Lipinski definition) is 0. The van der Waals surface area contributed by atoms with Gasteiger partial charge in [0.05, 0.1) is 13.2 Å². The Morgan fingerprint density at radius 2 is 1.20 bits per heavy atom. The fourth-order valence-electron chi connectivity index (χ4n) is 2.29. The van der Waals surface area contributed by atoms with Crippen molar-refractivity contribution in [1.29, 1.82) is 0 Å². The Hall–Kier alpha value is -3.08. The van der Waals surface area contributed by atoms with Crippen LogP contribution in [0.15, 0.2) is 72.8 Å². The molecule has 0 fully saturated rings. The van der Waals surface area contributed by atoms with Crippen LogP contribution in [0, 0.1) is 6.92 Å². The van der Waals surface area contributed by atoms with Crippen LogP contribution in [0.1, 0.15) is 72.8 Å². The number of rotatable bonds is 8. The number of ether oxygens (including phenoxy) is 3. The molecule has 35 heavy (non-hydrogen) atoms. The van der Waals surface area contributed by atoms with E-state index in [1.807, 2.05) is 88.4 Å². The van der Waals surface area contributed by atoms with Crippen molar-refractivity contribution in [1.82, 2.24) is 0 Å². The summed E-state index contributed by atoms with van der Waals surface area (Å²) in [7, 11) is 1.67. The summed E-state index contributed by atoms with van der Waals surface area (Å²) in [5.74, 6) is 0.670. The van der Waals surface area contributed by atoms with Crippen LogP contribution in [-0.4, -0.2) is 31.3 Å². The lowest BCUT2D eigenvalue weighted by molar-refractivity contribution is -0.148. The molecule has 196 valence electrons. The van der Waals surface area contributed by atoms with E-state index >= 15 is 0 Å². The number of benzene rings is 2. The molecule has 0 aliphatic heterocycles. The summed E-state index contributed by atoms with van der Waals surface area (Å²) in [4.78, 5) is 21.3. The molecule has 2 rings (SSSR count). The Morgan fingerprint density at radius 3 is 1.51 bits per heavy atom. The minimum Gasteiger partial charge on any atom is -0.497 e. The van der Waals surface area contributed by atoms with E-state index in [-0.39, 0.29) is 24.1 Å². The molecule has 0 saturated heterocycles. The van der Waals surface area contributed by atoms with Crippen molar-refractivity contribution in [2.24, 2.45) is 0 Å². The van der Waals surface area contributed by atoms with E-state index in [1.54, 1.807) is 21.0 Å². The first kappa shape index (κ1) is 34.1. The lowest BCUT2D eigenvalue weighted by Crippen LogP contribution is -2.13. The van der Waals surface area contributed by atoms with Crippen LogP contribution in [0.2, 0.25) is 0 Å². The molecule has 0 heterocycles. The number of carbonyl (C=O) groups excluding carboxylic acids is 2. The first-order chi connectivity index (χ1) is 16.6. The number of carbonyl (C=O) groups is 2. The predicted octanol–water partition coefficient (Wildman–Crippen LogP) is 7.72. The minimum atomic E-state index is -0.140. The van der Waals surface area contributed by atoms with E-state index in [4.69, 9.17) is 14.2 Å². The fraction of sp³-hybridized carbons (Fsp3) is 0.467. The van der Waals surface area contributed by atoms with Gasteiger partial charge in [-0.1, -0.05) is 80.4 Å². The Balaban J connectivity index is 0. The molecular formula is C30H46O5. The quantitative estimate of drug-likeness (QED) is 0.282. The van der Waals surface area contributed by atoms with Gasteiger partial charge in [0.15, 0.2) is 0 Å². The Labute approximate surface area is 213 Å². The van der Waals surface area contributed by atoms with E-state index in [2.05, 4.69) is 13.5 Å². The molecule has 2 unspecified atom stereocenters. The van der Waals surface area contributed by atoms with Crippen LogP contribution in [-0.2, 0) is 19.1 Å². The van der Waals surface area contributed by atoms with Gasteiger partial charge < -0.3 is 14.2 Å². The zero-order valence-corrected chi connectivity index (χ0v) is 23.0. The third kappa shape index (κ3) is 23.9. The number of esters is 2. The summed E-state index contributed by atoms with van der Waals surface area (Å²) >= 11 is 0. The first-order valence-electron chi connectivity index (χ1n) is 12.2. The van der Waals surface area contributed by atoms with Gasteiger partial charge in [-0.15, -0.1) is 6.58 Å². The number of hydrogen-bond acceptors (Lipinski definition) is 5. The van der Waals surface area contributed by atoms with E-state index < -0.39 is 0 Å². The van der Waals surface area contributed by atoms with Crippen LogP contribution >= 0.6 is 0 Å². The third-order valence-corrected chi connectivity index (χ3v) is 4.38. The van der Waals surface area contributed by atoms with Gasteiger partial charge in [0.1, 0.15) is 11.9 Å². The van der Waals surface area contributed by atoms with Crippen molar-refractivity contribution in [3.63, 3.8) is 0 Å². The van der Waals surface area contributed by atoms with E-state index in [1.165, 1.54) is 5.56 Å². The highest BCUT2D eigenvalue weighted by Crippen LogP contribution is 2.09. The van der Waals surface area contributed by atoms with Crippen molar-refractivity contribution >= 4 is 11.9 Å². The summed E-state index contributed by atoms with van der Waals surface area (Å²) in [6.07, 6.45) is 2.62. The summed E-state index contributed by atoms with van der Waals surface area (Å²) in [6, 6.07) is 20.0. The maximum Gasteiger partial charge on any atom is 0.305 e. The summed E-state index contributed by atoms with van der Waals surface area (Å²) < 4.78 is 14.9. The van der Waals surface area contributed by atoms with E-state index in [9.17, 15) is 9.59 Å².